The summed E-state index contributed by atoms with van der Waals surface area (Å²) >= 11 is 3.53. The molecular weight excluding hydrogens is 662 g/mol. The molecule has 4 aromatic rings. The zero-order valence-corrected chi connectivity index (χ0v) is 28.6. The first-order valence-electron chi connectivity index (χ1n) is 15.6. The fourth-order valence-corrected chi connectivity index (χ4v) is 7.96. The van der Waals surface area contributed by atoms with Gasteiger partial charge in [0.05, 0.1) is 10.6 Å². The molecule has 0 aliphatic heterocycles. The molecule has 240 valence electrons. The second-order valence-corrected chi connectivity index (χ2v) is 14.8. The standard InChI is InChI=1S/C37H40BrN3O4S/c1-27-20-28(2)22-33(21-27)41(46(44,45)34-18-7-4-8-19-34)26-36(42)40(25-30-14-11-15-31(38)23-30)35(24-29-12-5-3-6-13-29)37(43)39-32-16-9-10-17-32/h3-8,11-15,18-23,32,35H,9-10,16-17,24-26H2,1-2H3,(H,39,43)/t35-/m0/s1. The molecule has 0 spiro atoms. The van der Waals surface area contributed by atoms with Gasteiger partial charge in [-0.05, 0) is 85.3 Å². The number of nitrogens with one attached hydrogen (secondary N) is 1. The molecule has 4 aromatic carbocycles. The Morgan fingerprint density at radius 1 is 0.826 bits per heavy atom. The second kappa shape index (κ2) is 15.1. The average molecular weight is 703 g/mol. The Labute approximate surface area is 280 Å². The van der Waals surface area contributed by atoms with E-state index in [0.29, 0.717) is 5.69 Å². The highest BCUT2D eigenvalue weighted by Crippen LogP contribution is 2.27. The first-order valence-corrected chi connectivity index (χ1v) is 17.9. The van der Waals surface area contributed by atoms with E-state index in [0.717, 1.165) is 52.4 Å². The van der Waals surface area contributed by atoms with E-state index in [2.05, 4.69) is 21.2 Å². The maximum Gasteiger partial charge on any atom is 0.264 e. The lowest BCUT2D eigenvalue weighted by Gasteiger charge is -2.34. The molecule has 1 aliphatic carbocycles. The van der Waals surface area contributed by atoms with Crippen LogP contribution in [-0.4, -0.2) is 43.8 Å². The van der Waals surface area contributed by atoms with E-state index in [1.54, 1.807) is 35.2 Å². The van der Waals surface area contributed by atoms with Crippen molar-refractivity contribution in [2.45, 2.75) is 69.5 Å². The topological polar surface area (TPSA) is 86.8 Å². The first kappa shape index (κ1) is 33.4. The third kappa shape index (κ3) is 8.44. The van der Waals surface area contributed by atoms with Gasteiger partial charge in [0, 0.05) is 23.5 Å². The third-order valence-corrected chi connectivity index (χ3v) is 10.6. The number of benzene rings is 4. The van der Waals surface area contributed by atoms with Crippen LogP contribution in [0.15, 0.2) is 112 Å². The van der Waals surface area contributed by atoms with Gasteiger partial charge in [-0.15, -0.1) is 0 Å². The molecule has 1 atom stereocenters. The van der Waals surface area contributed by atoms with E-state index in [1.807, 2.05) is 74.5 Å². The summed E-state index contributed by atoms with van der Waals surface area (Å²) < 4.78 is 30.4. The third-order valence-electron chi connectivity index (χ3n) is 8.32. The van der Waals surface area contributed by atoms with Crippen molar-refractivity contribution < 1.29 is 18.0 Å². The monoisotopic (exact) mass is 701 g/mol. The molecule has 0 unspecified atom stereocenters. The van der Waals surface area contributed by atoms with Crippen LogP contribution in [0, 0.1) is 13.8 Å². The van der Waals surface area contributed by atoms with Crippen molar-refractivity contribution in [2.75, 3.05) is 10.8 Å². The van der Waals surface area contributed by atoms with Gasteiger partial charge in [-0.2, -0.15) is 0 Å². The molecule has 0 heterocycles. The predicted molar refractivity (Wildman–Crippen MR) is 186 cm³/mol. The fourth-order valence-electron chi connectivity index (χ4n) is 6.10. The molecule has 1 N–H and O–H groups in total. The Hall–Kier alpha value is -3.95. The number of amides is 2. The van der Waals surface area contributed by atoms with E-state index < -0.39 is 28.5 Å². The highest BCUT2D eigenvalue weighted by atomic mass is 79.9. The predicted octanol–water partition coefficient (Wildman–Crippen LogP) is 6.96. The molecule has 0 radical (unpaired) electrons. The lowest BCUT2D eigenvalue weighted by Crippen LogP contribution is -2.54. The molecule has 9 heteroatoms. The number of carbonyl (C=O) groups is 2. The highest BCUT2D eigenvalue weighted by Gasteiger charge is 2.35. The van der Waals surface area contributed by atoms with Crippen molar-refractivity contribution in [1.29, 1.82) is 0 Å². The van der Waals surface area contributed by atoms with Crippen LogP contribution in [-0.2, 0) is 32.6 Å². The first-order chi connectivity index (χ1) is 22.1. The molecule has 1 fully saturated rings. The summed E-state index contributed by atoms with van der Waals surface area (Å²) in [4.78, 5) is 30.4. The van der Waals surface area contributed by atoms with Crippen LogP contribution >= 0.6 is 15.9 Å². The van der Waals surface area contributed by atoms with Crippen molar-refractivity contribution >= 4 is 43.5 Å². The van der Waals surface area contributed by atoms with Gasteiger partial charge in [-0.3, -0.25) is 13.9 Å². The minimum Gasteiger partial charge on any atom is -0.352 e. The SMILES string of the molecule is Cc1cc(C)cc(N(CC(=O)N(Cc2cccc(Br)c2)[C@@H](Cc2ccccc2)C(=O)NC2CCCC2)S(=O)(=O)c2ccccc2)c1. The number of hydrogen-bond donors (Lipinski definition) is 1. The van der Waals surface area contributed by atoms with Crippen LogP contribution in [0.3, 0.4) is 0 Å². The summed E-state index contributed by atoms with van der Waals surface area (Å²) in [7, 11) is -4.14. The summed E-state index contributed by atoms with van der Waals surface area (Å²) in [6, 6.07) is 30.1. The molecule has 0 aromatic heterocycles. The van der Waals surface area contributed by atoms with Crippen molar-refractivity contribution in [3.05, 3.63) is 130 Å². The van der Waals surface area contributed by atoms with Gasteiger partial charge < -0.3 is 10.2 Å². The molecule has 0 bridgehead atoms. The van der Waals surface area contributed by atoms with Gasteiger partial charge in [0.1, 0.15) is 12.6 Å². The largest absolute Gasteiger partial charge is 0.352 e. The molecule has 2 amide bonds. The normalized spacial score (nSPS) is 14.1. The van der Waals surface area contributed by atoms with Crippen molar-refractivity contribution in [3.63, 3.8) is 0 Å². The van der Waals surface area contributed by atoms with Crippen LogP contribution in [0.5, 0.6) is 0 Å². The Morgan fingerprint density at radius 2 is 1.43 bits per heavy atom. The van der Waals surface area contributed by atoms with E-state index >= 15 is 0 Å². The van der Waals surface area contributed by atoms with Crippen molar-refractivity contribution in [2.24, 2.45) is 0 Å². The smallest absolute Gasteiger partial charge is 0.264 e. The molecule has 1 aliphatic rings. The fraction of sp³-hybridized carbons (Fsp3) is 0.297. The van der Waals surface area contributed by atoms with Crippen molar-refractivity contribution in [3.8, 4) is 0 Å². The Balaban J connectivity index is 1.58. The number of rotatable bonds is 12. The summed E-state index contributed by atoms with van der Waals surface area (Å²) in [5.41, 5.74) is 3.87. The summed E-state index contributed by atoms with van der Waals surface area (Å²) in [5.74, 6) is -0.705. The average Bonchev–Trinajstić information content (AvgIpc) is 3.55. The number of hydrogen-bond acceptors (Lipinski definition) is 4. The minimum atomic E-state index is -4.14. The van der Waals surface area contributed by atoms with Gasteiger partial charge in [-0.25, -0.2) is 8.42 Å². The second-order valence-electron chi connectivity index (χ2n) is 12.0. The Kier molecular flexibility index (Phi) is 11.0. The highest BCUT2D eigenvalue weighted by molar-refractivity contribution is 9.10. The quantitative estimate of drug-likeness (QED) is 0.173. The summed E-state index contributed by atoms with van der Waals surface area (Å²) in [5, 5.41) is 3.21. The molecule has 1 saturated carbocycles. The minimum absolute atomic E-state index is 0.0545. The van der Waals surface area contributed by atoms with Gasteiger partial charge in [-0.1, -0.05) is 95.5 Å². The van der Waals surface area contributed by atoms with Crippen molar-refractivity contribution in [1.82, 2.24) is 10.2 Å². The van der Waals surface area contributed by atoms with Crippen LogP contribution in [0.1, 0.15) is 47.9 Å². The van der Waals surface area contributed by atoms with Gasteiger partial charge in [0.15, 0.2) is 0 Å². The maximum atomic E-state index is 14.7. The number of carbonyl (C=O) groups excluding carboxylic acids is 2. The lowest BCUT2D eigenvalue weighted by atomic mass is 10.0. The molecule has 5 rings (SSSR count). The Morgan fingerprint density at radius 3 is 2.07 bits per heavy atom. The van der Waals surface area contributed by atoms with Crippen LogP contribution in [0.4, 0.5) is 5.69 Å². The number of aryl methyl sites for hydroxylation is 2. The van der Waals surface area contributed by atoms with E-state index in [4.69, 9.17) is 0 Å². The van der Waals surface area contributed by atoms with E-state index in [9.17, 15) is 18.0 Å². The van der Waals surface area contributed by atoms with E-state index in [1.165, 1.54) is 16.4 Å². The molecular formula is C37H40BrN3O4S. The zero-order chi connectivity index (χ0) is 32.7. The summed E-state index contributed by atoms with van der Waals surface area (Å²) in [6.45, 7) is 3.44. The van der Waals surface area contributed by atoms with Crippen LogP contribution in [0.2, 0.25) is 0 Å². The number of halogens is 1. The van der Waals surface area contributed by atoms with E-state index in [-0.39, 0.29) is 29.8 Å². The number of nitrogens with zero attached hydrogens (tertiary/aromatic N) is 2. The number of anilines is 1. The lowest BCUT2D eigenvalue weighted by molar-refractivity contribution is -0.140. The zero-order valence-electron chi connectivity index (χ0n) is 26.2. The maximum absolute atomic E-state index is 14.7. The van der Waals surface area contributed by atoms with Gasteiger partial charge in [0.2, 0.25) is 11.8 Å². The molecule has 7 nitrogen and oxygen atoms in total. The molecule has 0 saturated heterocycles. The molecule has 46 heavy (non-hydrogen) atoms. The Bertz CT molecular complexity index is 1740. The van der Waals surface area contributed by atoms with Crippen LogP contribution in [0.25, 0.3) is 0 Å². The van der Waals surface area contributed by atoms with Crippen LogP contribution < -0.4 is 9.62 Å². The van der Waals surface area contributed by atoms with Gasteiger partial charge in [0.25, 0.3) is 10.0 Å². The summed E-state index contributed by atoms with van der Waals surface area (Å²) in [6.07, 6.45) is 4.20. The number of sulfonamides is 1. The van der Waals surface area contributed by atoms with Gasteiger partial charge >= 0.3 is 0 Å².